The molecule has 0 aromatic heterocycles. The highest BCUT2D eigenvalue weighted by atomic mass is 32.2. The van der Waals surface area contributed by atoms with E-state index in [1.165, 1.54) is 4.90 Å². The fourth-order valence-electron chi connectivity index (χ4n) is 4.77. The van der Waals surface area contributed by atoms with Gasteiger partial charge in [0, 0.05) is 12.5 Å². The number of nitrogens with one attached hydrogen (secondary N) is 2. The number of aryl methyl sites for hydroxylation is 1. The zero-order valence-corrected chi connectivity index (χ0v) is 30.0. The Labute approximate surface area is 279 Å². The molecule has 9 nitrogen and oxygen atoms in total. The second kappa shape index (κ2) is 17.4. The number of alkyl carbamates (subject to hydrolysis) is 1. The zero-order chi connectivity index (χ0) is 34.7. The van der Waals surface area contributed by atoms with E-state index in [-0.39, 0.29) is 6.42 Å². The maximum atomic E-state index is 14.5. The number of hydrogen-bond donors (Lipinski definition) is 2. The Morgan fingerprint density at radius 1 is 0.848 bits per heavy atom. The van der Waals surface area contributed by atoms with Crippen molar-refractivity contribution in [2.45, 2.75) is 117 Å². The predicted molar refractivity (Wildman–Crippen MR) is 185 cm³/mol. The Morgan fingerprint density at radius 3 is 1.96 bits per heavy atom. The molecule has 0 aliphatic rings. The van der Waals surface area contributed by atoms with Crippen molar-refractivity contribution in [1.82, 2.24) is 15.5 Å². The molecule has 2 aromatic carbocycles. The van der Waals surface area contributed by atoms with Gasteiger partial charge in [-0.3, -0.25) is 9.59 Å². The molecule has 4 atom stereocenters. The molecule has 10 heteroatoms. The number of nitrogens with zero attached hydrogens (tertiary/aromatic N) is 1. The minimum atomic E-state index is -1.10. The summed E-state index contributed by atoms with van der Waals surface area (Å²) in [6, 6.07) is 13.4. The van der Waals surface area contributed by atoms with Gasteiger partial charge < -0.3 is 25.0 Å². The lowest BCUT2D eigenvalue weighted by atomic mass is 9.97. The summed E-state index contributed by atoms with van der Waals surface area (Å²) in [7, 11) is 0. The Bertz CT molecular complexity index is 1290. The van der Waals surface area contributed by atoms with Gasteiger partial charge >= 0.3 is 12.1 Å². The summed E-state index contributed by atoms with van der Waals surface area (Å²) in [5.74, 6) is -0.907. The summed E-state index contributed by atoms with van der Waals surface area (Å²) in [5.41, 5.74) is 0.889. The van der Waals surface area contributed by atoms with Gasteiger partial charge in [-0.25, -0.2) is 9.59 Å². The predicted octanol–water partition coefficient (Wildman–Crippen LogP) is 6.38. The van der Waals surface area contributed by atoms with Gasteiger partial charge in [0.1, 0.15) is 29.3 Å². The van der Waals surface area contributed by atoms with Crippen molar-refractivity contribution in [2.24, 2.45) is 0 Å². The van der Waals surface area contributed by atoms with E-state index in [1.54, 1.807) is 53.3 Å². The van der Waals surface area contributed by atoms with Crippen LogP contribution in [0.3, 0.4) is 0 Å². The Morgan fingerprint density at radius 2 is 1.43 bits per heavy atom. The van der Waals surface area contributed by atoms with Gasteiger partial charge in [0.2, 0.25) is 11.8 Å². The molecule has 4 unspecified atom stereocenters. The van der Waals surface area contributed by atoms with E-state index >= 15 is 0 Å². The summed E-state index contributed by atoms with van der Waals surface area (Å²) in [6.45, 7) is 16.3. The fraction of sp³-hybridized carbons (Fsp3) is 0.556. The first kappa shape index (κ1) is 38.7. The maximum Gasteiger partial charge on any atom is 0.408 e. The highest BCUT2D eigenvalue weighted by Gasteiger charge is 2.40. The van der Waals surface area contributed by atoms with Crippen LogP contribution in [-0.2, 0) is 30.3 Å². The van der Waals surface area contributed by atoms with Crippen molar-refractivity contribution in [3.8, 4) is 0 Å². The average Bonchev–Trinajstić information content (AvgIpc) is 2.96. The van der Waals surface area contributed by atoms with E-state index in [0.717, 1.165) is 11.1 Å². The Hall–Kier alpha value is -3.53. The molecule has 2 N–H and O–H groups in total. The number of thioether (sulfide) groups is 1. The fourth-order valence-corrected chi connectivity index (χ4v) is 5.24. The molecule has 0 radical (unpaired) electrons. The van der Waals surface area contributed by atoms with E-state index in [2.05, 4.69) is 10.6 Å². The van der Waals surface area contributed by atoms with Crippen LogP contribution in [0, 0.1) is 6.92 Å². The summed E-state index contributed by atoms with van der Waals surface area (Å²) < 4.78 is 11.2. The second-order valence-electron chi connectivity index (χ2n) is 13.6. The van der Waals surface area contributed by atoms with Crippen LogP contribution < -0.4 is 10.6 Å². The lowest BCUT2D eigenvalue weighted by Gasteiger charge is -2.39. The molecule has 3 amide bonds. The van der Waals surface area contributed by atoms with Crippen molar-refractivity contribution in [1.29, 1.82) is 0 Å². The number of amides is 3. The molecule has 0 fully saturated rings. The van der Waals surface area contributed by atoms with Crippen LogP contribution in [-0.4, -0.2) is 70.1 Å². The SMILES string of the molecule is CCC(C)N(C(=O)C(CCSC)NC(=O)OC(C)(C)C)C(C(=O)NC(Cc1ccccc1)C(=O)OC(C)(C)C)c1ccc(C)cc1. The van der Waals surface area contributed by atoms with Crippen molar-refractivity contribution >= 4 is 35.6 Å². The molecule has 2 rings (SSSR count). The van der Waals surface area contributed by atoms with Gasteiger partial charge in [-0.05, 0) is 91.4 Å². The van der Waals surface area contributed by atoms with Gasteiger partial charge in [-0.1, -0.05) is 67.1 Å². The van der Waals surface area contributed by atoms with Crippen LogP contribution in [0.25, 0.3) is 0 Å². The molecule has 46 heavy (non-hydrogen) atoms. The maximum absolute atomic E-state index is 14.5. The molecule has 2 aromatic rings. The number of hydrogen-bond acceptors (Lipinski definition) is 7. The van der Waals surface area contributed by atoms with Gasteiger partial charge in [-0.2, -0.15) is 11.8 Å². The first-order chi connectivity index (χ1) is 21.5. The molecule has 0 saturated heterocycles. The van der Waals surface area contributed by atoms with E-state index in [1.807, 2.05) is 81.6 Å². The van der Waals surface area contributed by atoms with Crippen LogP contribution in [0.2, 0.25) is 0 Å². The number of carbonyl (C=O) groups excluding carboxylic acids is 4. The first-order valence-electron chi connectivity index (χ1n) is 15.9. The van der Waals surface area contributed by atoms with Gasteiger partial charge in [0.15, 0.2) is 0 Å². The molecule has 0 heterocycles. The Kier molecular flexibility index (Phi) is 14.6. The van der Waals surface area contributed by atoms with Gasteiger partial charge in [-0.15, -0.1) is 0 Å². The highest BCUT2D eigenvalue weighted by Crippen LogP contribution is 2.28. The molecule has 0 spiro atoms. The van der Waals surface area contributed by atoms with Crippen molar-refractivity contribution in [2.75, 3.05) is 12.0 Å². The molecule has 0 aliphatic carbocycles. The Balaban J connectivity index is 2.61. The molecule has 0 aliphatic heterocycles. The smallest absolute Gasteiger partial charge is 0.408 e. The summed E-state index contributed by atoms with van der Waals surface area (Å²) in [5, 5.41) is 5.71. The third kappa shape index (κ3) is 12.7. The molecule has 0 bridgehead atoms. The van der Waals surface area contributed by atoms with Crippen LogP contribution in [0.5, 0.6) is 0 Å². The van der Waals surface area contributed by atoms with E-state index in [0.29, 0.717) is 24.2 Å². The normalized spacial score (nSPS) is 14.3. The van der Waals surface area contributed by atoms with Crippen molar-refractivity contribution in [3.05, 3.63) is 71.3 Å². The standard InChI is InChI=1S/C36H53N3O6S/c1-11-25(3)39(32(41)28(21-22-46-10)38-34(43)45-36(7,8)9)30(27-19-17-24(2)18-20-27)31(40)37-29(33(42)44-35(4,5)6)23-26-15-13-12-14-16-26/h12-20,25,28-30H,11,21-23H2,1-10H3,(H,37,40)(H,38,43). The van der Waals surface area contributed by atoms with E-state index < -0.39 is 59.2 Å². The minimum Gasteiger partial charge on any atom is -0.458 e. The lowest BCUT2D eigenvalue weighted by Crippen LogP contribution is -2.57. The summed E-state index contributed by atoms with van der Waals surface area (Å²) in [6.07, 6.45) is 2.30. The van der Waals surface area contributed by atoms with Crippen LogP contribution in [0.15, 0.2) is 54.6 Å². The number of esters is 1. The first-order valence-corrected chi connectivity index (χ1v) is 17.3. The number of rotatable bonds is 14. The topological polar surface area (TPSA) is 114 Å². The van der Waals surface area contributed by atoms with Gasteiger partial charge in [0.05, 0.1) is 0 Å². The minimum absolute atomic E-state index is 0.204. The largest absolute Gasteiger partial charge is 0.458 e. The van der Waals surface area contributed by atoms with Crippen LogP contribution in [0.1, 0.15) is 91.0 Å². The molecule has 254 valence electrons. The summed E-state index contributed by atoms with van der Waals surface area (Å²) >= 11 is 1.55. The number of benzene rings is 2. The lowest BCUT2D eigenvalue weighted by molar-refractivity contribution is -0.159. The number of carbonyl (C=O) groups is 4. The third-order valence-corrected chi connectivity index (χ3v) is 7.77. The monoisotopic (exact) mass is 655 g/mol. The molecular formula is C36H53N3O6S. The van der Waals surface area contributed by atoms with Crippen LogP contribution >= 0.6 is 11.8 Å². The summed E-state index contributed by atoms with van der Waals surface area (Å²) in [4.78, 5) is 56.9. The molecule has 0 saturated carbocycles. The van der Waals surface area contributed by atoms with Crippen LogP contribution in [0.4, 0.5) is 4.79 Å². The second-order valence-corrected chi connectivity index (χ2v) is 14.6. The van der Waals surface area contributed by atoms with E-state index in [9.17, 15) is 19.2 Å². The number of ether oxygens (including phenoxy) is 2. The zero-order valence-electron chi connectivity index (χ0n) is 29.1. The van der Waals surface area contributed by atoms with Crippen molar-refractivity contribution in [3.63, 3.8) is 0 Å². The highest BCUT2D eigenvalue weighted by molar-refractivity contribution is 7.98. The average molecular weight is 656 g/mol. The van der Waals surface area contributed by atoms with Gasteiger partial charge in [0.25, 0.3) is 0 Å². The van der Waals surface area contributed by atoms with Crippen molar-refractivity contribution < 1.29 is 28.7 Å². The van der Waals surface area contributed by atoms with E-state index in [4.69, 9.17) is 9.47 Å². The quantitative estimate of drug-likeness (QED) is 0.227. The third-order valence-electron chi connectivity index (χ3n) is 7.13. The molecular weight excluding hydrogens is 602 g/mol.